The van der Waals surface area contributed by atoms with Crippen molar-refractivity contribution in [2.24, 2.45) is 0 Å². The number of carbonyl (C=O) groups is 2. The maximum atomic E-state index is 13.3. The minimum absolute atomic E-state index is 0.0133. The SMILES string of the molecule is O=C(NO)c1ccc(CN2CCC3(CC2)CN(C(=O)c2ccccc2)c2ccccc23)cc1. The molecule has 2 N–H and O–H groups in total. The van der Waals surface area contributed by atoms with Crippen molar-refractivity contribution in [3.63, 3.8) is 0 Å². The highest BCUT2D eigenvalue weighted by molar-refractivity contribution is 6.07. The Hall–Kier alpha value is -3.48. The van der Waals surface area contributed by atoms with Crippen LogP contribution in [-0.4, -0.2) is 41.6 Å². The van der Waals surface area contributed by atoms with Crippen LogP contribution in [0, 0.1) is 0 Å². The zero-order valence-corrected chi connectivity index (χ0v) is 18.4. The number of nitrogens with zero attached hydrogens (tertiary/aromatic N) is 2. The number of nitrogens with one attached hydrogen (secondary N) is 1. The molecule has 0 atom stereocenters. The van der Waals surface area contributed by atoms with E-state index in [1.165, 1.54) is 5.56 Å². The summed E-state index contributed by atoms with van der Waals surface area (Å²) in [5.41, 5.74) is 6.26. The molecule has 3 aromatic rings. The van der Waals surface area contributed by atoms with Crippen molar-refractivity contribution in [2.75, 3.05) is 24.5 Å². The van der Waals surface area contributed by atoms with E-state index in [9.17, 15) is 9.59 Å². The molecule has 6 nitrogen and oxygen atoms in total. The molecule has 2 aliphatic rings. The van der Waals surface area contributed by atoms with Gasteiger partial charge in [0.05, 0.1) is 0 Å². The quantitative estimate of drug-likeness (QED) is 0.474. The Labute approximate surface area is 193 Å². The molecule has 2 aliphatic heterocycles. The zero-order valence-electron chi connectivity index (χ0n) is 18.4. The van der Waals surface area contributed by atoms with Crippen LogP contribution in [0.4, 0.5) is 5.69 Å². The molecule has 1 spiro atoms. The Balaban J connectivity index is 1.30. The van der Waals surface area contributed by atoms with Crippen LogP contribution in [0.1, 0.15) is 44.7 Å². The highest BCUT2D eigenvalue weighted by Gasteiger charge is 2.46. The van der Waals surface area contributed by atoms with Crippen LogP contribution in [0.5, 0.6) is 0 Å². The van der Waals surface area contributed by atoms with Crippen molar-refractivity contribution < 1.29 is 14.8 Å². The molecule has 5 rings (SSSR count). The lowest BCUT2D eigenvalue weighted by Crippen LogP contribution is -2.45. The zero-order chi connectivity index (χ0) is 22.8. The van der Waals surface area contributed by atoms with E-state index in [-0.39, 0.29) is 11.3 Å². The van der Waals surface area contributed by atoms with E-state index in [4.69, 9.17) is 5.21 Å². The number of anilines is 1. The maximum absolute atomic E-state index is 13.3. The summed E-state index contributed by atoms with van der Waals surface area (Å²) < 4.78 is 0. The second-order valence-corrected chi connectivity index (χ2v) is 8.97. The first kappa shape index (κ1) is 21.4. The van der Waals surface area contributed by atoms with Gasteiger partial charge in [-0.15, -0.1) is 0 Å². The molecule has 0 unspecified atom stereocenters. The van der Waals surface area contributed by atoms with Gasteiger partial charge in [-0.25, -0.2) is 5.48 Å². The van der Waals surface area contributed by atoms with Crippen LogP contribution in [0.25, 0.3) is 0 Å². The average Bonchev–Trinajstić information content (AvgIpc) is 3.19. The van der Waals surface area contributed by atoms with Crippen LogP contribution in [0.15, 0.2) is 78.9 Å². The van der Waals surface area contributed by atoms with Crippen molar-refractivity contribution in [3.05, 3.63) is 101 Å². The highest BCUT2D eigenvalue weighted by atomic mass is 16.5. The summed E-state index contributed by atoms with van der Waals surface area (Å²) in [7, 11) is 0. The van der Waals surface area contributed by atoms with Crippen molar-refractivity contribution in [3.8, 4) is 0 Å². The fourth-order valence-corrected chi connectivity index (χ4v) is 5.20. The van der Waals surface area contributed by atoms with Crippen LogP contribution in [-0.2, 0) is 12.0 Å². The van der Waals surface area contributed by atoms with Gasteiger partial charge in [-0.05, 0) is 67.4 Å². The Morgan fingerprint density at radius 2 is 1.52 bits per heavy atom. The van der Waals surface area contributed by atoms with Gasteiger partial charge in [-0.2, -0.15) is 0 Å². The summed E-state index contributed by atoms with van der Waals surface area (Å²) in [6.45, 7) is 3.42. The van der Waals surface area contributed by atoms with Gasteiger partial charge < -0.3 is 4.90 Å². The van der Waals surface area contributed by atoms with Gasteiger partial charge in [0.1, 0.15) is 0 Å². The number of hydrogen-bond donors (Lipinski definition) is 2. The van der Waals surface area contributed by atoms with E-state index in [1.54, 1.807) is 17.6 Å². The van der Waals surface area contributed by atoms with Crippen LogP contribution < -0.4 is 10.4 Å². The predicted octanol–water partition coefficient (Wildman–Crippen LogP) is 4.00. The van der Waals surface area contributed by atoms with E-state index >= 15 is 0 Å². The molecule has 2 amide bonds. The molecule has 168 valence electrons. The minimum atomic E-state index is -0.504. The maximum Gasteiger partial charge on any atom is 0.274 e. The number of piperidine rings is 1. The fraction of sp³-hybridized carbons (Fsp3) is 0.259. The number of fused-ring (bicyclic) bond motifs is 2. The highest BCUT2D eigenvalue weighted by Crippen LogP contribution is 2.47. The standard InChI is InChI=1S/C27H27N3O3/c31-25(28-33)21-12-10-20(11-13-21)18-29-16-14-27(15-17-29)19-30(24-9-5-4-8-23(24)27)26(32)22-6-2-1-3-7-22/h1-13,33H,14-19H2,(H,28,31). The summed E-state index contributed by atoms with van der Waals surface area (Å²) in [4.78, 5) is 29.2. The van der Waals surface area contributed by atoms with E-state index in [0.717, 1.165) is 55.8 Å². The van der Waals surface area contributed by atoms with Crippen molar-refractivity contribution >= 4 is 17.5 Å². The molecule has 1 fully saturated rings. The van der Waals surface area contributed by atoms with Gasteiger partial charge in [-0.3, -0.25) is 19.7 Å². The van der Waals surface area contributed by atoms with Crippen LogP contribution >= 0.6 is 0 Å². The van der Waals surface area contributed by atoms with Gasteiger partial charge in [0, 0.05) is 35.3 Å². The number of likely N-dealkylation sites (tertiary alicyclic amines) is 1. The smallest absolute Gasteiger partial charge is 0.274 e. The summed E-state index contributed by atoms with van der Waals surface area (Å²) in [6, 6.07) is 25.2. The fourth-order valence-electron chi connectivity index (χ4n) is 5.20. The number of carbonyl (C=O) groups excluding carboxylic acids is 2. The monoisotopic (exact) mass is 441 g/mol. The van der Waals surface area contributed by atoms with Crippen molar-refractivity contribution in [1.29, 1.82) is 0 Å². The molecule has 0 aromatic heterocycles. The normalized spacial score (nSPS) is 17.1. The molecule has 6 heteroatoms. The van der Waals surface area contributed by atoms with Crippen molar-refractivity contribution in [1.82, 2.24) is 10.4 Å². The Morgan fingerprint density at radius 3 is 2.21 bits per heavy atom. The summed E-state index contributed by atoms with van der Waals surface area (Å²) in [6.07, 6.45) is 1.99. The molecule has 1 saturated heterocycles. The molecule has 2 heterocycles. The minimum Gasteiger partial charge on any atom is -0.307 e. The van der Waals surface area contributed by atoms with Gasteiger partial charge >= 0.3 is 0 Å². The second kappa shape index (κ2) is 8.81. The van der Waals surface area contributed by atoms with Gasteiger partial charge in [0.25, 0.3) is 11.8 Å². The molecule has 0 bridgehead atoms. The van der Waals surface area contributed by atoms with Gasteiger partial charge in [-0.1, -0.05) is 48.5 Å². The van der Waals surface area contributed by atoms with Gasteiger partial charge in [0.2, 0.25) is 0 Å². The number of hydroxylamine groups is 1. The topological polar surface area (TPSA) is 72.9 Å². The van der Waals surface area contributed by atoms with Gasteiger partial charge in [0.15, 0.2) is 0 Å². The molecular weight excluding hydrogens is 414 g/mol. The number of rotatable bonds is 4. The summed E-state index contributed by atoms with van der Waals surface area (Å²) in [5.74, 6) is -0.440. The Kier molecular flexibility index (Phi) is 5.70. The lowest BCUT2D eigenvalue weighted by Gasteiger charge is -2.40. The lowest BCUT2D eigenvalue weighted by atomic mass is 9.74. The number of hydrogen-bond acceptors (Lipinski definition) is 4. The first-order valence-electron chi connectivity index (χ1n) is 11.3. The summed E-state index contributed by atoms with van der Waals surface area (Å²) in [5, 5.41) is 8.77. The Morgan fingerprint density at radius 1 is 0.848 bits per heavy atom. The third-order valence-electron chi connectivity index (χ3n) is 7.03. The van der Waals surface area contributed by atoms with E-state index in [1.807, 2.05) is 53.4 Å². The van der Waals surface area contributed by atoms with E-state index in [2.05, 4.69) is 23.1 Å². The van der Waals surface area contributed by atoms with Crippen LogP contribution in [0.2, 0.25) is 0 Å². The molecular formula is C27H27N3O3. The molecule has 0 radical (unpaired) electrons. The molecule has 0 aliphatic carbocycles. The molecule has 0 saturated carbocycles. The van der Waals surface area contributed by atoms with Crippen LogP contribution in [0.3, 0.4) is 0 Å². The van der Waals surface area contributed by atoms with Crippen molar-refractivity contribution in [2.45, 2.75) is 24.8 Å². The average molecular weight is 442 g/mol. The van der Waals surface area contributed by atoms with E-state index in [0.29, 0.717) is 5.56 Å². The summed E-state index contributed by atoms with van der Waals surface area (Å²) >= 11 is 0. The third-order valence-corrected chi connectivity index (χ3v) is 7.03. The largest absolute Gasteiger partial charge is 0.307 e. The number of amides is 2. The van der Waals surface area contributed by atoms with E-state index < -0.39 is 5.91 Å². The third kappa shape index (κ3) is 4.03. The molecule has 33 heavy (non-hydrogen) atoms. The predicted molar refractivity (Wildman–Crippen MR) is 126 cm³/mol. The number of para-hydroxylation sites is 1. The molecule has 3 aromatic carbocycles. The first-order chi connectivity index (χ1) is 16.1. The Bertz CT molecular complexity index is 1150. The number of benzene rings is 3. The lowest BCUT2D eigenvalue weighted by molar-refractivity contribution is 0.0706. The second-order valence-electron chi connectivity index (χ2n) is 8.97. The first-order valence-corrected chi connectivity index (χ1v) is 11.3.